The Morgan fingerprint density at radius 2 is 1.79 bits per heavy atom. The molecule has 0 radical (unpaired) electrons. The lowest BCUT2D eigenvalue weighted by atomic mass is 9.91. The van der Waals surface area contributed by atoms with E-state index >= 15 is 0 Å². The van der Waals surface area contributed by atoms with Gasteiger partial charge in [0, 0.05) is 19.6 Å². The first-order valence-electron chi connectivity index (χ1n) is 12.7. The Kier molecular flexibility index (Phi) is 7.70. The molecule has 0 saturated carbocycles. The number of halogens is 3. The van der Waals surface area contributed by atoms with Gasteiger partial charge in [0.25, 0.3) is 5.91 Å². The molecule has 4 rings (SSSR count). The molecule has 0 aliphatic carbocycles. The van der Waals surface area contributed by atoms with E-state index in [1.807, 2.05) is 0 Å². The lowest BCUT2D eigenvalue weighted by Crippen LogP contribution is -2.51. The number of ether oxygens (including phenoxy) is 1. The van der Waals surface area contributed by atoms with Crippen LogP contribution in [0.25, 0.3) is 0 Å². The molecule has 1 aromatic rings. The van der Waals surface area contributed by atoms with Gasteiger partial charge in [0.15, 0.2) is 0 Å². The third kappa shape index (κ3) is 4.95. The highest BCUT2D eigenvalue weighted by molar-refractivity contribution is 6.03. The highest BCUT2D eigenvalue weighted by Crippen LogP contribution is 2.42. The van der Waals surface area contributed by atoms with Gasteiger partial charge in [-0.25, -0.2) is 4.79 Å². The van der Waals surface area contributed by atoms with Gasteiger partial charge in [-0.15, -0.1) is 0 Å². The summed E-state index contributed by atoms with van der Waals surface area (Å²) in [6, 6.07) is 2.00. The normalized spacial score (nSPS) is 21.4. The third-order valence-corrected chi connectivity index (χ3v) is 7.39. The molecule has 2 unspecified atom stereocenters. The quantitative estimate of drug-likeness (QED) is 0.564. The molecule has 3 aliphatic heterocycles. The van der Waals surface area contributed by atoms with Crippen molar-refractivity contribution in [3.05, 3.63) is 46.7 Å². The molecule has 1 N–H and O–H groups in total. The summed E-state index contributed by atoms with van der Waals surface area (Å²) >= 11 is 0. The van der Waals surface area contributed by atoms with Gasteiger partial charge in [-0.2, -0.15) is 13.2 Å². The van der Waals surface area contributed by atoms with Crippen molar-refractivity contribution in [2.45, 2.75) is 51.9 Å². The number of likely N-dealkylation sites (N-methyl/N-ethyl adjacent to an activating group) is 1. The lowest BCUT2D eigenvalue weighted by Gasteiger charge is -2.35. The fourth-order valence-electron chi connectivity index (χ4n) is 5.39. The minimum absolute atomic E-state index is 0.0313. The smallest absolute Gasteiger partial charge is 0.416 e. The van der Waals surface area contributed by atoms with Crippen LogP contribution in [-0.2, 0) is 25.3 Å². The van der Waals surface area contributed by atoms with Gasteiger partial charge >= 0.3 is 18.2 Å². The largest absolute Gasteiger partial charge is 0.466 e. The maximum Gasteiger partial charge on any atom is 0.416 e. The van der Waals surface area contributed by atoms with Crippen molar-refractivity contribution in [3.8, 4) is 0 Å². The van der Waals surface area contributed by atoms with Crippen LogP contribution in [0, 0.1) is 5.92 Å². The van der Waals surface area contributed by atoms with Gasteiger partial charge in [0.1, 0.15) is 6.04 Å². The maximum absolute atomic E-state index is 13.8. The summed E-state index contributed by atoms with van der Waals surface area (Å²) in [6.45, 7) is 6.05. The van der Waals surface area contributed by atoms with Crippen molar-refractivity contribution < 1.29 is 37.1 Å². The molecule has 12 heteroatoms. The van der Waals surface area contributed by atoms with Crippen LogP contribution in [0.1, 0.15) is 50.8 Å². The summed E-state index contributed by atoms with van der Waals surface area (Å²) in [5.41, 5.74) is -0.846. The van der Waals surface area contributed by atoms with Crippen molar-refractivity contribution in [2.24, 2.45) is 5.92 Å². The van der Waals surface area contributed by atoms with Crippen molar-refractivity contribution in [1.29, 1.82) is 0 Å². The molecule has 3 aliphatic rings. The molecule has 0 bridgehead atoms. The standard InChI is InChI=1S/C26H31F3N4O5/c1-4-32-19-14-33(15(3)22(34)31-12-10-16(11-13-31)24(36)38-5-2)23(35)20(19)21(30-25(32)37)17-8-6-7-9-18(17)26(27,28)29/h6-9,15-16,21H,4-5,10-14H2,1-3H3,(H,30,37). The van der Waals surface area contributed by atoms with E-state index < -0.39 is 35.8 Å². The average molecular weight is 537 g/mol. The number of nitrogens with one attached hydrogen (secondary N) is 1. The van der Waals surface area contributed by atoms with E-state index in [0.29, 0.717) is 31.6 Å². The van der Waals surface area contributed by atoms with Gasteiger partial charge in [-0.3, -0.25) is 19.3 Å². The summed E-state index contributed by atoms with van der Waals surface area (Å²) < 4.78 is 46.5. The highest BCUT2D eigenvalue weighted by atomic mass is 19.4. The zero-order valence-electron chi connectivity index (χ0n) is 21.5. The van der Waals surface area contributed by atoms with E-state index in [4.69, 9.17) is 4.74 Å². The summed E-state index contributed by atoms with van der Waals surface area (Å²) in [6.07, 6.45) is -3.80. The molecule has 1 aromatic carbocycles. The Labute approximate surface area is 218 Å². The fourth-order valence-corrected chi connectivity index (χ4v) is 5.39. The number of rotatable bonds is 6. The average Bonchev–Trinajstić information content (AvgIpc) is 3.24. The predicted octanol–water partition coefficient (Wildman–Crippen LogP) is 3.08. The second kappa shape index (κ2) is 10.7. The van der Waals surface area contributed by atoms with Gasteiger partial charge < -0.3 is 19.9 Å². The first kappa shape index (κ1) is 27.5. The van der Waals surface area contributed by atoms with Gasteiger partial charge in [-0.1, -0.05) is 18.2 Å². The first-order chi connectivity index (χ1) is 18.0. The van der Waals surface area contributed by atoms with Gasteiger partial charge in [0.2, 0.25) is 5.91 Å². The number of esters is 1. The van der Waals surface area contributed by atoms with E-state index in [1.165, 1.54) is 28.0 Å². The molecule has 206 valence electrons. The van der Waals surface area contributed by atoms with Crippen LogP contribution in [-0.4, -0.2) is 77.3 Å². The Bertz CT molecular complexity index is 1160. The van der Waals surface area contributed by atoms with E-state index in [2.05, 4.69) is 5.32 Å². The lowest BCUT2D eigenvalue weighted by molar-refractivity contribution is -0.152. The number of amides is 4. The summed E-state index contributed by atoms with van der Waals surface area (Å²) in [5.74, 6) is -1.50. The van der Waals surface area contributed by atoms with Crippen LogP contribution in [0.4, 0.5) is 18.0 Å². The minimum Gasteiger partial charge on any atom is -0.466 e. The molecule has 0 spiro atoms. The Hall–Kier alpha value is -3.57. The van der Waals surface area contributed by atoms with E-state index in [0.717, 1.165) is 6.07 Å². The number of hydrogen-bond acceptors (Lipinski definition) is 5. The van der Waals surface area contributed by atoms with E-state index in [1.54, 1.807) is 25.7 Å². The molecule has 0 aromatic heterocycles. The molecule has 2 atom stereocenters. The van der Waals surface area contributed by atoms with Crippen LogP contribution >= 0.6 is 0 Å². The van der Waals surface area contributed by atoms with Crippen LogP contribution in [0.2, 0.25) is 0 Å². The number of carbonyl (C=O) groups excluding carboxylic acids is 4. The second-order valence-electron chi connectivity index (χ2n) is 9.53. The molecule has 9 nitrogen and oxygen atoms in total. The predicted molar refractivity (Wildman–Crippen MR) is 129 cm³/mol. The van der Waals surface area contributed by atoms with Gasteiger partial charge in [-0.05, 0) is 45.2 Å². The number of carbonyl (C=O) groups is 4. The van der Waals surface area contributed by atoms with Crippen molar-refractivity contribution in [1.82, 2.24) is 20.0 Å². The van der Waals surface area contributed by atoms with Crippen LogP contribution in [0.15, 0.2) is 35.5 Å². The summed E-state index contributed by atoms with van der Waals surface area (Å²) in [4.78, 5) is 56.1. The fraction of sp³-hybridized carbons (Fsp3) is 0.538. The van der Waals surface area contributed by atoms with Crippen molar-refractivity contribution in [2.75, 3.05) is 32.8 Å². The topological polar surface area (TPSA) is 99.3 Å². The highest BCUT2D eigenvalue weighted by Gasteiger charge is 2.48. The van der Waals surface area contributed by atoms with Crippen molar-refractivity contribution >= 4 is 23.8 Å². The van der Waals surface area contributed by atoms with E-state index in [9.17, 15) is 32.3 Å². The van der Waals surface area contributed by atoms with Crippen molar-refractivity contribution in [3.63, 3.8) is 0 Å². The third-order valence-electron chi connectivity index (χ3n) is 7.39. The number of piperidine rings is 1. The molecular formula is C26H31F3N4O5. The number of benzene rings is 1. The Morgan fingerprint density at radius 1 is 1.13 bits per heavy atom. The SMILES string of the molecule is CCOC(=O)C1CCN(C(=O)C(C)N2CC3=C(C2=O)C(c2ccccc2C(F)(F)F)NC(=O)N3CC)CC1. The molecule has 3 heterocycles. The number of hydrogen-bond donors (Lipinski definition) is 1. The Balaban J connectivity index is 1.58. The minimum atomic E-state index is -4.69. The molecule has 1 fully saturated rings. The summed E-state index contributed by atoms with van der Waals surface area (Å²) in [7, 11) is 0. The first-order valence-corrected chi connectivity index (χ1v) is 12.7. The molecular weight excluding hydrogens is 505 g/mol. The molecule has 1 saturated heterocycles. The van der Waals surface area contributed by atoms with Crippen LogP contribution < -0.4 is 5.32 Å². The monoisotopic (exact) mass is 536 g/mol. The van der Waals surface area contributed by atoms with Crippen LogP contribution in [0.5, 0.6) is 0 Å². The maximum atomic E-state index is 13.8. The van der Waals surface area contributed by atoms with E-state index in [-0.39, 0.29) is 48.6 Å². The number of likely N-dealkylation sites (tertiary alicyclic amines) is 1. The van der Waals surface area contributed by atoms with Gasteiger partial charge in [0.05, 0.1) is 41.9 Å². The zero-order chi connectivity index (χ0) is 27.8. The Morgan fingerprint density at radius 3 is 2.39 bits per heavy atom. The summed E-state index contributed by atoms with van der Waals surface area (Å²) in [5, 5.41) is 2.57. The second-order valence-corrected chi connectivity index (χ2v) is 9.53. The zero-order valence-corrected chi connectivity index (χ0v) is 21.5. The van der Waals surface area contributed by atoms with Crippen LogP contribution in [0.3, 0.4) is 0 Å². The number of alkyl halides is 3. The number of urea groups is 1. The number of nitrogens with zero attached hydrogens (tertiary/aromatic N) is 3. The molecule has 4 amide bonds. The molecule has 38 heavy (non-hydrogen) atoms.